The minimum absolute atomic E-state index is 0.278. The van der Waals surface area contributed by atoms with Crippen LogP contribution in [0.15, 0.2) is 12.1 Å². The van der Waals surface area contributed by atoms with E-state index in [9.17, 15) is 0 Å². The molecule has 1 aliphatic heterocycles. The van der Waals surface area contributed by atoms with E-state index in [1.54, 1.807) is 13.2 Å². The van der Waals surface area contributed by atoms with Crippen molar-refractivity contribution >= 4 is 0 Å². The number of hydrogen-bond acceptors (Lipinski definition) is 5. The number of methoxy groups -OCH3 is 1. The van der Waals surface area contributed by atoms with Gasteiger partial charge in [-0.1, -0.05) is 0 Å². The lowest BCUT2D eigenvalue weighted by molar-refractivity contribution is 0.120. The molecule has 5 nitrogen and oxygen atoms in total. The monoisotopic (exact) mass is 211 g/mol. The Kier molecular flexibility index (Phi) is 2.94. The van der Waals surface area contributed by atoms with Crippen LogP contribution in [0, 0.1) is 0 Å². The van der Waals surface area contributed by atoms with Crippen molar-refractivity contribution in [3.05, 3.63) is 17.7 Å². The van der Waals surface area contributed by atoms with Crippen LogP contribution in [0.4, 0.5) is 0 Å². The lowest BCUT2D eigenvalue weighted by Crippen LogP contribution is -2.16. The van der Waals surface area contributed by atoms with E-state index < -0.39 is 0 Å². The van der Waals surface area contributed by atoms with E-state index in [-0.39, 0.29) is 6.61 Å². The third kappa shape index (κ3) is 1.98. The van der Waals surface area contributed by atoms with Crippen molar-refractivity contribution in [2.24, 2.45) is 5.90 Å². The van der Waals surface area contributed by atoms with E-state index in [0.717, 1.165) is 5.56 Å². The van der Waals surface area contributed by atoms with Crippen molar-refractivity contribution in [3.8, 4) is 17.2 Å². The highest BCUT2D eigenvalue weighted by molar-refractivity contribution is 5.51. The molecule has 2 rings (SSSR count). The van der Waals surface area contributed by atoms with Crippen LogP contribution >= 0.6 is 0 Å². The van der Waals surface area contributed by atoms with Crippen molar-refractivity contribution < 1.29 is 19.0 Å². The number of nitrogens with two attached hydrogens (primary N) is 1. The zero-order chi connectivity index (χ0) is 10.7. The first kappa shape index (κ1) is 10.1. The Bertz CT molecular complexity index is 354. The average molecular weight is 211 g/mol. The predicted octanol–water partition coefficient (Wildman–Crippen LogP) is 0.857. The summed E-state index contributed by atoms with van der Waals surface area (Å²) in [6.07, 6.45) is 0. The Morgan fingerprint density at radius 3 is 2.53 bits per heavy atom. The Morgan fingerprint density at radius 1 is 1.27 bits per heavy atom. The molecular weight excluding hydrogens is 198 g/mol. The van der Waals surface area contributed by atoms with Crippen molar-refractivity contribution in [3.63, 3.8) is 0 Å². The third-order valence-corrected chi connectivity index (χ3v) is 2.18. The maximum Gasteiger partial charge on any atom is 0.165 e. The van der Waals surface area contributed by atoms with E-state index in [4.69, 9.17) is 20.1 Å². The van der Waals surface area contributed by atoms with Crippen LogP contribution in [0.3, 0.4) is 0 Å². The van der Waals surface area contributed by atoms with Gasteiger partial charge < -0.3 is 14.2 Å². The van der Waals surface area contributed by atoms with E-state index in [0.29, 0.717) is 30.5 Å². The van der Waals surface area contributed by atoms with Gasteiger partial charge >= 0.3 is 0 Å². The molecule has 0 aromatic heterocycles. The van der Waals surface area contributed by atoms with Crippen LogP contribution in [-0.4, -0.2) is 20.3 Å². The van der Waals surface area contributed by atoms with Crippen LogP contribution in [0.1, 0.15) is 5.56 Å². The summed E-state index contributed by atoms with van der Waals surface area (Å²) in [5.74, 6) is 7.11. The number of fused-ring (bicyclic) bond motifs is 1. The van der Waals surface area contributed by atoms with Crippen LogP contribution in [-0.2, 0) is 11.4 Å². The first-order valence-electron chi connectivity index (χ1n) is 4.63. The van der Waals surface area contributed by atoms with Gasteiger partial charge in [-0.3, -0.25) is 4.84 Å². The smallest absolute Gasteiger partial charge is 0.165 e. The lowest BCUT2D eigenvalue weighted by atomic mass is 10.2. The molecule has 0 saturated heterocycles. The average Bonchev–Trinajstić information content (AvgIpc) is 2.28. The van der Waals surface area contributed by atoms with Gasteiger partial charge in [0.15, 0.2) is 11.5 Å². The predicted molar refractivity (Wildman–Crippen MR) is 53.0 cm³/mol. The van der Waals surface area contributed by atoms with Crippen molar-refractivity contribution in [2.45, 2.75) is 6.61 Å². The Labute approximate surface area is 87.6 Å². The second-order valence-corrected chi connectivity index (χ2v) is 3.12. The van der Waals surface area contributed by atoms with Crippen LogP contribution in [0.25, 0.3) is 0 Å². The molecule has 0 atom stereocenters. The van der Waals surface area contributed by atoms with E-state index in [1.165, 1.54) is 0 Å². The van der Waals surface area contributed by atoms with Crippen molar-refractivity contribution in [2.75, 3.05) is 20.3 Å². The molecule has 5 heteroatoms. The highest BCUT2D eigenvalue weighted by atomic mass is 16.6. The first-order valence-corrected chi connectivity index (χ1v) is 4.63. The van der Waals surface area contributed by atoms with E-state index in [2.05, 4.69) is 4.84 Å². The van der Waals surface area contributed by atoms with Gasteiger partial charge in [0.05, 0.1) is 13.7 Å². The molecule has 0 saturated carbocycles. The maximum atomic E-state index is 5.43. The zero-order valence-electron chi connectivity index (χ0n) is 8.49. The highest BCUT2D eigenvalue weighted by Gasteiger charge is 2.16. The molecule has 82 valence electrons. The molecule has 0 amide bonds. The fraction of sp³-hybridized carbons (Fsp3) is 0.400. The van der Waals surface area contributed by atoms with Gasteiger partial charge in [-0.25, -0.2) is 5.90 Å². The van der Waals surface area contributed by atoms with Crippen molar-refractivity contribution in [1.29, 1.82) is 0 Å². The summed E-state index contributed by atoms with van der Waals surface area (Å²) in [5, 5.41) is 0. The van der Waals surface area contributed by atoms with Crippen LogP contribution in [0.5, 0.6) is 17.2 Å². The lowest BCUT2D eigenvalue weighted by Gasteiger charge is -2.20. The summed E-state index contributed by atoms with van der Waals surface area (Å²) >= 11 is 0. The molecule has 0 fully saturated rings. The fourth-order valence-corrected chi connectivity index (χ4v) is 1.50. The SMILES string of the molecule is COc1cc2c(cc1CON)OCCO2. The summed E-state index contributed by atoms with van der Waals surface area (Å²) in [7, 11) is 1.59. The molecule has 2 N–H and O–H groups in total. The standard InChI is InChI=1S/C10H13NO4/c1-12-8-5-10-9(13-2-3-14-10)4-7(8)6-15-11/h4-5H,2-3,6,11H2,1H3. The van der Waals surface area contributed by atoms with Gasteiger partial charge in [0.2, 0.25) is 0 Å². The fourth-order valence-electron chi connectivity index (χ4n) is 1.50. The summed E-state index contributed by atoms with van der Waals surface area (Å²) in [4.78, 5) is 4.59. The van der Waals surface area contributed by atoms with E-state index >= 15 is 0 Å². The Hall–Kier alpha value is -1.46. The van der Waals surface area contributed by atoms with Crippen LogP contribution in [0.2, 0.25) is 0 Å². The molecule has 1 heterocycles. The van der Waals surface area contributed by atoms with Gasteiger partial charge in [-0.05, 0) is 6.07 Å². The van der Waals surface area contributed by atoms with Gasteiger partial charge in [-0.15, -0.1) is 0 Å². The van der Waals surface area contributed by atoms with Gasteiger partial charge in [0, 0.05) is 11.6 Å². The third-order valence-electron chi connectivity index (χ3n) is 2.18. The minimum atomic E-state index is 0.278. The zero-order valence-corrected chi connectivity index (χ0v) is 8.49. The number of ether oxygens (including phenoxy) is 3. The maximum absolute atomic E-state index is 5.43. The molecule has 0 radical (unpaired) electrons. The van der Waals surface area contributed by atoms with Crippen molar-refractivity contribution in [1.82, 2.24) is 0 Å². The molecule has 1 aromatic rings. The minimum Gasteiger partial charge on any atom is -0.496 e. The normalized spacial score (nSPS) is 13.7. The molecule has 15 heavy (non-hydrogen) atoms. The van der Waals surface area contributed by atoms with Gasteiger partial charge in [0.25, 0.3) is 0 Å². The topological polar surface area (TPSA) is 62.9 Å². The molecule has 1 aromatic carbocycles. The number of rotatable bonds is 3. The largest absolute Gasteiger partial charge is 0.496 e. The summed E-state index contributed by atoms with van der Waals surface area (Å²) in [6.45, 7) is 1.39. The van der Waals surface area contributed by atoms with Gasteiger partial charge in [0.1, 0.15) is 19.0 Å². The first-order chi connectivity index (χ1) is 7.35. The van der Waals surface area contributed by atoms with Crippen LogP contribution < -0.4 is 20.1 Å². The molecule has 0 aliphatic carbocycles. The van der Waals surface area contributed by atoms with E-state index in [1.807, 2.05) is 6.07 Å². The molecule has 0 unspecified atom stereocenters. The number of benzene rings is 1. The highest BCUT2D eigenvalue weighted by Crippen LogP contribution is 2.36. The molecule has 1 aliphatic rings. The summed E-state index contributed by atoms with van der Waals surface area (Å²) < 4.78 is 16.0. The quantitative estimate of drug-likeness (QED) is 0.751. The second-order valence-electron chi connectivity index (χ2n) is 3.12. The molecule has 0 spiro atoms. The second kappa shape index (κ2) is 4.37. The molecular formula is C10H13NO4. The Morgan fingerprint density at radius 2 is 1.93 bits per heavy atom. The number of hydrogen-bond donors (Lipinski definition) is 1. The van der Waals surface area contributed by atoms with Gasteiger partial charge in [-0.2, -0.15) is 0 Å². The molecule has 0 bridgehead atoms. The Balaban J connectivity index is 2.37. The summed E-state index contributed by atoms with van der Waals surface area (Å²) in [5.41, 5.74) is 0.837. The summed E-state index contributed by atoms with van der Waals surface area (Å²) in [6, 6.07) is 3.60.